The summed E-state index contributed by atoms with van der Waals surface area (Å²) in [6.07, 6.45) is 0.0699. The molecular formula is C22H23Br2N3O6. The van der Waals surface area contributed by atoms with E-state index in [1.54, 1.807) is 39.0 Å². The van der Waals surface area contributed by atoms with Crippen molar-refractivity contribution < 1.29 is 29.0 Å². The van der Waals surface area contributed by atoms with Gasteiger partial charge in [-0.15, -0.1) is 0 Å². The fourth-order valence-electron chi connectivity index (χ4n) is 2.68. The van der Waals surface area contributed by atoms with E-state index in [1.807, 2.05) is 0 Å². The summed E-state index contributed by atoms with van der Waals surface area (Å²) < 4.78 is 6.32. The zero-order valence-electron chi connectivity index (χ0n) is 18.1. The van der Waals surface area contributed by atoms with Crippen molar-refractivity contribution in [3.05, 3.63) is 56.7 Å². The molecule has 0 bridgehead atoms. The molecular weight excluding hydrogens is 562 g/mol. The fraction of sp³-hybridized carbons (Fsp3) is 0.318. The van der Waals surface area contributed by atoms with Crippen molar-refractivity contribution in [2.45, 2.75) is 45.3 Å². The first-order valence-electron chi connectivity index (χ1n) is 9.84. The third kappa shape index (κ3) is 8.25. The number of nitrogens with zero attached hydrogens (tertiary/aromatic N) is 1. The predicted molar refractivity (Wildman–Crippen MR) is 128 cm³/mol. The number of nitrogens with one attached hydrogen (secondary N) is 2. The highest BCUT2D eigenvalue weighted by Gasteiger charge is 2.27. The number of halogens is 2. The molecule has 1 aromatic heterocycles. The van der Waals surface area contributed by atoms with Gasteiger partial charge in [-0.1, -0.05) is 6.07 Å². The van der Waals surface area contributed by atoms with E-state index >= 15 is 0 Å². The van der Waals surface area contributed by atoms with E-state index in [-0.39, 0.29) is 29.8 Å². The standard InChI is InChI=1S/C22H23Br2N3O6/c1-22(2,3)33-21(32)27-16(7-8-18(28)29)20(31)26-17-11-14(24)13(23)10-12(17)19(30)15-6-4-5-9-25-15/h4-6,9-11,16H,7-8H2,1-3H3,(H,26,31)(H,27,32)(H,28,29). The maximum absolute atomic E-state index is 13.0. The maximum Gasteiger partial charge on any atom is 0.408 e. The molecule has 176 valence electrons. The van der Waals surface area contributed by atoms with E-state index < -0.39 is 35.4 Å². The molecule has 2 rings (SSSR count). The Labute approximate surface area is 207 Å². The van der Waals surface area contributed by atoms with Crippen LogP contribution in [0.25, 0.3) is 0 Å². The molecule has 2 amide bonds. The molecule has 33 heavy (non-hydrogen) atoms. The Morgan fingerprint density at radius 3 is 2.36 bits per heavy atom. The van der Waals surface area contributed by atoms with Gasteiger partial charge in [0, 0.05) is 27.1 Å². The number of carbonyl (C=O) groups is 4. The van der Waals surface area contributed by atoms with Gasteiger partial charge in [0.25, 0.3) is 0 Å². The van der Waals surface area contributed by atoms with Crippen LogP contribution in [0.15, 0.2) is 45.5 Å². The number of hydrogen-bond acceptors (Lipinski definition) is 6. The third-order valence-corrected chi connectivity index (χ3v) is 5.96. The molecule has 9 nitrogen and oxygen atoms in total. The highest BCUT2D eigenvalue weighted by molar-refractivity contribution is 9.13. The summed E-state index contributed by atoms with van der Waals surface area (Å²) >= 11 is 6.69. The maximum atomic E-state index is 13.0. The average molecular weight is 585 g/mol. The number of aliphatic carboxylic acids is 1. The summed E-state index contributed by atoms with van der Waals surface area (Å²) in [5.41, 5.74) is -0.309. The molecule has 3 N–H and O–H groups in total. The number of carboxylic acid groups (broad SMARTS) is 1. The van der Waals surface area contributed by atoms with Crippen molar-refractivity contribution in [3.8, 4) is 0 Å². The number of pyridine rings is 1. The Bertz CT molecular complexity index is 1050. The first-order valence-corrected chi connectivity index (χ1v) is 11.4. The van der Waals surface area contributed by atoms with Crippen LogP contribution in [0.3, 0.4) is 0 Å². The number of aromatic nitrogens is 1. The summed E-state index contributed by atoms with van der Waals surface area (Å²) in [5.74, 6) is -2.26. The molecule has 0 aliphatic rings. The Morgan fingerprint density at radius 1 is 1.12 bits per heavy atom. The topological polar surface area (TPSA) is 135 Å². The van der Waals surface area contributed by atoms with Crippen LogP contribution in [-0.4, -0.2) is 45.5 Å². The van der Waals surface area contributed by atoms with E-state index in [4.69, 9.17) is 9.84 Å². The van der Waals surface area contributed by atoms with E-state index in [1.165, 1.54) is 18.3 Å². The Morgan fingerprint density at radius 2 is 1.79 bits per heavy atom. The quantitative estimate of drug-likeness (QED) is 0.388. The molecule has 1 heterocycles. The number of amides is 2. The Balaban J connectivity index is 2.33. The van der Waals surface area contributed by atoms with Gasteiger partial charge in [0.05, 0.1) is 5.69 Å². The molecule has 1 unspecified atom stereocenters. The zero-order chi connectivity index (χ0) is 24.8. The number of ketones is 1. The molecule has 2 aromatic rings. The van der Waals surface area contributed by atoms with Crippen LogP contribution in [0, 0.1) is 0 Å². The summed E-state index contributed by atoms with van der Waals surface area (Å²) in [7, 11) is 0. The van der Waals surface area contributed by atoms with E-state index in [9.17, 15) is 19.2 Å². The van der Waals surface area contributed by atoms with Gasteiger partial charge in [-0.05, 0) is 83.3 Å². The van der Waals surface area contributed by atoms with Gasteiger partial charge >= 0.3 is 12.1 Å². The number of carbonyl (C=O) groups excluding carboxylic acids is 3. The van der Waals surface area contributed by atoms with E-state index in [0.717, 1.165) is 0 Å². The largest absolute Gasteiger partial charge is 0.481 e. The molecule has 0 aliphatic heterocycles. The molecule has 1 atom stereocenters. The Hall–Kier alpha value is -2.79. The van der Waals surface area contributed by atoms with Crippen LogP contribution >= 0.6 is 31.9 Å². The average Bonchev–Trinajstić information content (AvgIpc) is 2.72. The van der Waals surface area contributed by atoms with Crippen LogP contribution in [-0.2, 0) is 14.3 Å². The fourth-order valence-corrected chi connectivity index (χ4v) is 3.37. The lowest BCUT2D eigenvalue weighted by Crippen LogP contribution is -2.46. The second-order valence-corrected chi connectivity index (χ2v) is 9.69. The normalized spacial score (nSPS) is 11.9. The zero-order valence-corrected chi connectivity index (χ0v) is 21.3. The molecule has 0 fully saturated rings. The van der Waals surface area contributed by atoms with Crippen LogP contribution in [0.4, 0.5) is 10.5 Å². The van der Waals surface area contributed by atoms with Crippen molar-refractivity contribution in [1.29, 1.82) is 0 Å². The Kier molecular flexibility index (Phi) is 9.12. The first-order chi connectivity index (χ1) is 15.4. The lowest BCUT2D eigenvalue weighted by Gasteiger charge is -2.23. The van der Waals surface area contributed by atoms with Crippen molar-refractivity contribution in [3.63, 3.8) is 0 Å². The number of alkyl carbamates (subject to hydrolysis) is 1. The highest BCUT2D eigenvalue weighted by Crippen LogP contribution is 2.31. The molecule has 0 spiro atoms. The lowest BCUT2D eigenvalue weighted by atomic mass is 10.0. The SMILES string of the molecule is CC(C)(C)OC(=O)NC(CCC(=O)O)C(=O)Nc1cc(Br)c(Br)cc1C(=O)c1ccccn1. The van der Waals surface area contributed by atoms with E-state index in [2.05, 4.69) is 47.5 Å². The van der Waals surface area contributed by atoms with Gasteiger partial charge in [0.1, 0.15) is 17.3 Å². The van der Waals surface area contributed by atoms with E-state index in [0.29, 0.717) is 8.95 Å². The number of carboxylic acids is 1. The second kappa shape index (κ2) is 11.4. The van der Waals surface area contributed by atoms with Crippen LogP contribution < -0.4 is 10.6 Å². The third-order valence-electron chi connectivity index (χ3n) is 4.11. The van der Waals surface area contributed by atoms with Crippen molar-refractivity contribution in [2.75, 3.05) is 5.32 Å². The van der Waals surface area contributed by atoms with Crippen LogP contribution in [0.1, 0.15) is 49.7 Å². The van der Waals surface area contributed by atoms with Gasteiger partial charge in [-0.2, -0.15) is 0 Å². The minimum Gasteiger partial charge on any atom is -0.481 e. The number of benzene rings is 1. The summed E-state index contributed by atoms with van der Waals surface area (Å²) in [6, 6.07) is 6.73. The van der Waals surface area contributed by atoms with Gasteiger partial charge in [0.2, 0.25) is 11.7 Å². The molecule has 11 heteroatoms. The molecule has 0 saturated carbocycles. The van der Waals surface area contributed by atoms with Gasteiger partial charge in [0.15, 0.2) is 0 Å². The molecule has 1 aromatic carbocycles. The number of ether oxygens (including phenoxy) is 1. The molecule has 0 saturated heterocycles. The molecule has 0 radical (unpaired) electrons. The number of hydrogen-bond donors (Lipinski definition) is 3. The van der Waals surface area contributed by atoms with Crippen LogP contribution in [0.2, 0.25) is 0 Å². The minimum atomic E-state index is -1.21. The van der Waals surface area contributed by atoms with Crippen LogP contribution in [0.5, 0.6) is 0 Å². The van der Waals surface area contributed by atoms with Crippen molar-refractivity contribution >= 4 is 61.3 Å². The smallest absolute Gasteiger partial charge is 0.408 e. The number of anilines is 1. The monoisotopic (exact) mass is 583 g/mol. The predicted octanol–water partition coefficient (Wildman–Crippen LogP) is 4.53. The lowest BCUT2D eigenvalue weighted by molar-refractivity contribution is -0.137. The van der Waals surface area contributed by atoms with Gasteiger partial charge in [-0.3, -0.25) is 19.4 Å². The minimum absolute atomic E-state index is 0.159. The summed E-state index contributed by atoms with van der Waals surface area (Å²) in [6.45, 7) is 4.98. The summed E-state index contributed by atoms with van der Waals surface area (Å²) in [5, 5.41) is 14.0. The van der Waals surface area contributed by atoms with Gasteiger partial charge in [-0.25, -0.2) is 4.79 Å². The second-order valence-electron chi connectivity index (χ2n) is 7.98. The van der Waals surface area contributed by atoms with Crippen molar-refractivity contribution in [1.82, 2.24) is 10.3 Å². The van der Waals surface area contributed by atoms with Crippen molar-refractivity contribution in [2.24, 2.45) is 0 Å². The summed E-state index contributed by atoms with van der Waals surface area (Å²) in [4.78, 5) is 53.3. The highest BCUT2D eigenvalue weighted by atomic mass is 79.9. The first kappa shape index (κ1) is 26.5. The molecule has 0 aliphatic carbocycles. The van der Waals surface area contributed by atoms with Gasteiger partial charge < -0.3 is 20.5 Å². The number of rotatable bonds is 8.